The molecule has 4 rings (SSSR count). The van der Waals surface area contributed by atoms with Gasteiger partial charge in [0.1, 0.15) is 12.4 Å². The maximum Gasteiger partial charge on any atom is 0.335 e. The van der Waals surface area contributed by atoms with Crippen LogP contribution in [0.2, 0.25) is 5.02 Å². The monoisotopic (exact) mass is 559 g/mol. The van der Waals surface area contributed by atoms with Crippen molar-refractivity contribution in [3.63, 3.8) is 0 Å². The van der Waals surface area contributed by atoms with E-state index in [1.165, 1.54) is 17.0 Å². The van der Waals surface area contributed by atoms with E-state index < -0.39 is 5.97 Å². The van der Waals surface area contributed by atoms with Gasteiger partial charge in [0, 0.05) is 20.6 Å². The van der Waals surface area contributed by atoms with Crippen molar-refractivity contribution in [1.82, 2.24) is 0 Å². The first kappa shape index (κ1) is 23.5. The van der Waals surface area contributed by atoms with Gasteiger partial charge in [-0.2, -0.15) is 0 Å². The topological polar surface area (TPSA) is 66.8 Å². The maximum atomic E-state index is 13.2. The third-order valence-electron chi connectivity index (χ3n) is 4.74. The molecule has 5 nitrogen and oxygen atoms in total. The average molecular weight is 561 g/mol. The van der Waals surface area contributed by atoms with E-state index in [1.54, 1.807) is 24.3 Å². The molecule has 0 saturated carbocycles. The Bertz CT molecular complexity index is 1310. The van der Waals surface area contributed by atoms with Crippen molar-refractivity contribution in [3.05, 3.63) is 97.8 Å². The smallest absolute Gasteiger partial charge is 0.335 e. The lowest BCUT2D eigenvalue weighted by Gasteiger charge is -2.15. The molecule has 166 valence electrons. The summed E-state index contributed by atoms with van der Waals surface area (Å²) in [5, 5.41) is 9.87. The quantitative estimate of drug-likeness (QED) is 0.265. The Balaban J connectivity index is 1.62. The van der Waals surface area contributed by atoms with E-state index in [2.05, 4.69) is 15.9 Å². The summed E-state index contributed by atoms with van der Waals surface area (Å²) in [6, 6.07) is 19.0. The van der Waals surface area contributed by atoms with Crippen LogP contribution in [0.5, 0.6) is 5.75 Å². The Labute approximate surface area is 213 Å². The number of benzene rings is 3. The number of amides is 1. The van der Waals surface area contributed by atoms with Crippen LogP contribution >= 0.6 is 51.5 Å². The van der Waals surface area contributed by atoms with Gasteiger partial charge in [0.2, 0.25) is 0 Å². The lowest BCUT2D eigenvalue weighted by atomic mass is 10.1. The number of nitrogens with zero attached hydrogens (tertiary/aromatic N) is 1. The molecular formula is C24H15BrClNO4S2. The molecule has 0 radical (unpaired) electrons. The van der Waals surface area contributed by atoms with Crippen molar-refractivity contribution in [2.24, 2.45) is 0 Å². The number of carboxylic acids is 1. The number of ether oxygens (including phenoxy) is 1. The molecule has 1 heterocycles. The van der Waals surface area contributed by atoms with Crippen LogP contribution in [0.4, 0.5) is 5.69 Å². The number of thioether (sulfide) groups is 1. The molecule has 33 heavy (non-hydrogen) atoms. The molecule has 0 unspecified atom stereocenters. The van der Waals surface area contributed by atoms with E-state index in [4.69, 9.17) is 28.6 Å². The Morgan fingerprint density at radius 3 is 2.70 bits per heavy atom. The molecule has 1 N–H and O–H groups in total. The van der Waals surface area contributed by atoms with Crippen LogP contribution in [0, 0.1) is 0 Å². The van der Waals surface area contributed by atoms with Gasteiger partial charge in [-0.25, -0.2) is 4.79 Å². The lowest BCUT2D eigenvalue weighted by molar-refractivity contribution is -0.113. The number of hydrogen-bond donors (Lipinski definition) is 1. The van der Waals surface area contributed by atoms with E-state index in [9.17, 15) is 14.7 Å². The Morgan fingerprint density at radius 2 is 1.94 bits per heavy atom. The first-order chi connectivity index (χ1) is 15.8. The van der Waals surface area contributed by atoms with Gasteiger partial charge in [0.15, 0.2) is 4.32 Å². The number of carbonyl (C=O) groups is 2. The highest BCUT2D eigenvalue weighted by Crippen LogP contribution is 2.38. The summed E-state index contributed by atoms with van der Waals surface area (Å²) in [6.45, 7) is 0.269. The molecule has 1 aliphatic rings. The predicted octanol–water partition coefficient (Wildman–Crippen LogP) is 6.79. The van der Waals surface area contributed by atoms with Gasteiger partial charge in [0.25, 0.3) is 5.91 Å². The molecule has 9 heteroatoms. The molecule has 0 atom stereocenters. The minimum absolute atomic E-state index is 0.0766. The number of thiocarbonyl (C=S) groups is 1. The summed E-state index contributed by atoms with van der Waals surface area (Å²) < 4.78 is 7.15. The van der Waals surface area contributed by atoms with Crippen LogP contribution in [-0.2, 0) is 11.4 Å². The normalized spacial score (nSPS) is 14.7. The van der Waals surface area contributed by atoms with Crippen LogP contribution in [0.25, 0.3) is 6.08 Å². The maximum absolute atomic E-state index is 13.2. The molecule has 0 aliphatic carbocycles. The number of halogens is 2. The van der Waals surface area contributed by atoms with Crippen LogP contribution in [-0.4, -0.2) is 21.3 Å². The fourth-order valence-electron chi connectivity index (χ4n) is 3.14. The van der Waals surface area contributed by atoms with Gasteiger partial charge >= 0.3 is 5.97 Å². The van der Waals surface area contributed by atoms with Gasteiger partial charge in [-0.05, 0) is 48.5 Å². The first-order valence-corrected chi connectivity index (χ1v) is 12.0. The van der Waals surface area contributed by atoms with Crippen LogP contribution < -0.4 is 9.64 Å². The van der Waals surface area contributed by atoms with Crippen molar-refractivity contribution in [2.75, 3.05) is 4.90 Å². The highest BCUT2D eigenvalue weighted by atomic mass is 79.9. The van der Waals surface area contributed by atoms with Gasteiger partial charge < -0.3 is 9.84 Å². The highest BCUT2D eigenvalue weighted by Gasteiger charge is 2.33. The molecule has 1 amide bonds. The van der Waals surface area contributed by atoms with E-state index in [0.29, 0.717) is 31.2 Å². The van der Waals surface area contributed by atoms with Crippen LogP contribution in [0.3, 0.4) is 0 Å². The van der Waals surface area contributed by atoms with Crippen LogP contribution in [0.15, 0.2) is 76.1 Å². The van der Waals surface area contributed by atoms with E-state index in [1.807, 2.05) is 36.4 Å². The Hall–Kier alpha value is -2.65. The molecule has 1 saturated heterocycles. The van der Waals surface area contributed by atoms with Crippen molar-refractivity contribution in [2.45, 2.75) is 6.61 Å². The second kappa shape index (κ2) is 10.1. The molecule has 1 fully saturated rings. The van der Waals surface area contributed by atoms with E-state index in [-0.39, 0.29) is 18.1 Å². The summed E-state index contributed by atoms with van der Waals surface area (Å²) in [6.07, 6.45) is 1.72. The molecule has 3 aromatic carbocycles. The van der Waals surface area contributed by atoms with Gasteiger partial charge in [-0.1, -0.05) is 75.8 Å². The van der Waals surface area contributed by atoms with Gasteiger partial charge in [-0.15, -0.1) is 0 Å². The summed E-state index contributed by atoms with van der Waals surface area (Å²) in [4.78, 5) is 26.2. The SMILES string of the molecule is O=C(O)c1cccc(N2C(=O)/C(=C\c3cc(Br)ccc3OCc3ccccc3Cl)SC2=S)c1. The van der Waals surface area contributed by atoms with Crippen molar-refractivity contribution in [3.8, 4) is 5.75 Å². The van der Waals surface area contributed by atoms with Crippen molar-refractivity contribution < 1.29 is 19.4 Å². The summed E-state index contributed by atoms with van der Waals surface area (Å²) in [5.74, 6) is -0.826. The minimum atomic E-state index is -1.08. The van der Waals surface area contributed by atoms with E-state index in [0.717, 1.165) is 21.8 Å². The molecule has 3 aromatic rings. The average Bonchev–Trinajstić information content (AvgIpc) is 3.07. The molecule has 0 aromatic heterocycles. The fraction of sp³-hybridized carbons (Fsp3) is 0.0417. The number of carboxylic acid groups (broad SMARTS) is 1. The lowest BCUT2D eigenvalue weighted by Crippen LogP contribution is -2.27. The Morgan fingerprint density at radius 1 is 1.15 bits per heavy atom. The standard InChI is InChI=1S/C24H15BrClNO4S2/c25-17-8-9-20(31-13-15-4-1-2-7-19(15)26)16(10-17)12-21-22(28)27(24(32)33-21)18-6-3-5-14(11-18)23(29)30/h1-12H,13H2,(H,29,30)/b21-12+. The second-order valence-electron chi connectivity index (χ2n) is 6.93. The zero-order valence-electron chi connectivity index (χ0n) is 16.8. The zero-order valence-corrected chi connectivity index (χ0v) is 20.8. The fourth-order valence-corrected chi connectivity index (χ4v) is 5.00. The van der Waals surface area contributed by atoms with Gasteiger partial charge in [0.05, 0.1) is 16.2 Å². The summed E-state index contributed by atoms with van der Waals surface area (Å²) in [7, 11) is 0. The first-order valence-electron chi connectivity index (χ1n) is 9.60. The number of carbonyl (C=O) groups excluding carboxylic acids is 1. The van der Waals surface area contributed by atoms with Crippen molar-refractivity contribution in [1.29, 1.82) is 0 Å². The summed E-state index contributed by atoms with van der Waals surface area (Å²) in [5.41, 5.74) is 2.02. The van der Waals surface area contributed by atoms with Crippen LogP contribution in [0.1, 0.15) is 21.5 Å². The number of rotatable bonds is 6. The third kappa shape index (κ3) is 5.30. The molecule has 0 spiro atoms. The minimum Gasteiger partial charge on any atom is -0.488 e. The Kier molecular flexibility index (Phi) is 7.19. The second-order valence-corrected chi connectivity index (χ2v) is 9.93. The number of aromatic carboxylic acids is 1. The third-order valence-corrected chi connectivity index (χ3v) is 6.91. The number of hydrogen-bond acceptors (Lipinski definition) is 5. The van der Waals surface area contributed by atoms with Crippen molar-refractivity contribution >= 4 is 79.5 Å². The molecular weight excluding hydrogens is 546 g/mol. The predicted molar refractivity (Wildman–Crippen MR) is 139 cm³/mol. The number of anilines is 1. The summed E-state index contributed by atoms with van der Waals surface area (Å²) >= 11 is 16.3. The van der Waals surface area contributed by atoms with E-state index >= 15 is 0 Å². The molecule has 1 aliphatic heterocycles. The zero-order chi connectivity index (χ0) is 23.5. The molecule has 0 bridgehead atoms. The van der Waals surface area contributed by atoms with Gasteiger partial charge in [-0.3, -0.25) is 9.69 Å². The largest absolute Gasteiger partial charge is 0.488 e. The highest BCUT2D eigenvalue weighted by molar-refractivity contribution is 9.10.